The van der Waals surface area contributed by atoms with Crippen molar-refractivity contribution < 1.29 is 0 Å². The van der Waals surface area contributed by atoms with Gasteiger partial charge in [0.1, 0.15) is 0 Å². The zero-order chi connectivity index (χ0) is 18.6. The molecule has 0 radical (unpaired) electrons. The summed E-state index contributed by atoms with van der Waals surface area (Å²) >= 11 is 14.7. The molecular formula is C22H20Br2ClP. The maximum atomic E-state index is 6.80. The summed E-state index contributed by atoms with van der Waals surface area (Å²) in [6, 6.07) is 31.6. The predicted octanol–water partition coefficient (Wildman–Crippen LogP) is 6.34. The molecule has 0 bridgehead atoms. The van der Waals surface area contributed by atoms with Crippen LogP contribution in [0.1, 0.15) is 0 Å². The fourth-order valence-corrected chi connectivity index (χ4v) is 12.6. The number of alkyl halides is 2. The van der Waals surface area contributed by atoms with Crippen molar-refractivity contribution in [3.63, 3.8) is 0 Å². The minimum absolute atomic E-state index is 0.215. The van der Waals surface area contributed by atoms with E-state index in [0.717, 1.165) is 5.31 Å². The molecule has 0 aliphatic rings. The maximum absolute atomic E-state index is 6.80. The molecule has 0 amide bonds. The van der Waals surface area contributed by atoms with Crippen LogP contribution < -0.4 is 15.9 Å². The molecule has 0 N–H and O–H groups in total. The third-order valence-electron chi connectivity index (χ3n) is 4.76. The van der Waals surface area contributed by atoms with Crippen molar-refractivity contribution in [3.8, 4) is 0 Å². The van der Waals surface area contributed by atoms with Crippen molar-refractivity contribution in [2.75, 3.05) is 5.33 Å². The van der Waals surface area contributed by atoms with Crippen LogP contribution in [0.15, 0.2) is 103 Å². The average Bonchev–Trinajstić information content (AvgIpc) is 2.74. The molecule has 1 atom stereocenters. The average molecular weight is 511 g/mol. The molecule has 26 heavy (non-hydrogen) atoms. The molecule has 0 saturated carbocycles. The molecule has 3 aromatic carbocycles. The van der Waals surface area contributed by atoms with E-state index in [0.29, 0.717) is 5.33 Å². The second-order valence-electron chi connectivity index (χ2n) is 6.13. The van der Waals surface area contributed by atoms with E-state index >= 15 is 0 Å². The molecule has 4 heteroatoms. The molecule has 0 aliphatic heterocycles. The molecule has 0 spiro atoms. The standard InChI is InChI=1S/C22H20Br2ClP/c1-18(22(25)17-23)26(24,19-11-5-2-6-12-19,20-13-7-3-8-14-20)21-15-9-4-10-16-21/h2-16,22H,1,17H2. The van der Waals surface area contributed by atoms with Gasteiger partial charge in [-0.1, -0.05) is 0 Å². The van der Waals surface area contributed by atoms with Gasteiger partial charge in [-0.15, -0.1) is 0 Å². The zero-order valence-corrected chi connectivity index (χ0v) is 19.1. The number of hydrogen-bond acceptors (Lipinski definition) is 0. The van der Waals surface area contributed by atoms with Crippen molar-refractivity contribution in [3.05, 3.63) is 103 Å². The molecule has 0 heterocycles. The van der Waals surface area contributed by atoms with E-state index in [4.69, 9.17) is 11.6 Å². The topological polar surface area (TPSA) is 0 Å². The first-order valence-electron chi connectivity index (χ1n) is 8.33. The SMILES string of the molecule is C=C(C(Cl)CBr)P(Br)(c1ccccc1)(c1ccccc1)c1ccccc1. The third-order valence-corrected chi connectivity index (χ3v) is 16.6. The number of rotatable bonds is 6. The van der Waals surface area contributed by atoms with Crippen LogP contribution in [0, 0.1) is 0 Å². The fraction of sp³-hybridized carbons (Fsp3) is 0.0909. The Morgan fingerprint density at radius 1 is 0.769 bits per heavy atom. The molecule has 1 unspecified atom stereocenters. The van der Waals surface area contributed by atoms with E-state index in [-0.39, 0.29) is 5.38 Å². The normalized spacial score (nSPS) is 14.2. The molecular weight excluding hydrogens is 490 g/mol. The van der Waals surface area contributed by atoms with Crippen LogP contribution in [0.3, 0.4) is 0 Å². The first-order valence-corrected chi connectivity index (χ1v) is 14.1. The molecule has 0 aliphatic carbocycles. The Hall–Kier alpha value is -0.920. The van der Waals surface area contributed by atoms with Gasteiger partial charge in [-0.3, -0.25) is 0 Å². The van der Waals surface area contributed by atoms with Gasteiger partial charge in [-0.05, 0) is 0 Å². The Kier molecular flexibility index (Phi) is 6.09. The van der Waals surface area contributed by atoms with Crippen LogP contribution in [-0.2, 0) is 0 Å². The van der Waals surface area contributed by atoms with Crippen LogP contribution in [-0.4, -0.2) is 10.7 Å². The zero-order valence-electron chi connectivity index (χ0n) is 14.2. The van der Waals surface area contributed by atoms with Gasteiger partial charge >= 0.3 is 178 Å². The monoisotopic (exact) mass is 508 g/mol. The Morgan fingerprint density at radius 2 is 1.08 bits per heavy atom. The molecule has 3 aromatic rings. The second-order valence-corrected chi connectivity index (χ2v) is 15.7. The van der Waals surface area contributed by atoms with Crippen LogP contribution in [0.2, 0.25) is 0 Å². The van der Waals surface area contributed by atoms with Crippen molar-refractivity contribution >= 4 is 64.2 Å². The van der Waals surface area contributed by atoms with Crippen LogP contribution in [0.25, 0.3) is 0 Å². The predicted molar refractivity (Wildman–Crippen MR) is 127 cm³/mol. The van der Waals surface area contributed by atoms with Crippen molar-refractivity contribution in [2.45, 2.75) is 5.38 Å². The molecule has 134 valence electrons. The molecule has 0 saturated heterocycles. The molecule has 0 nitrogen and oxygen atoms in total. The summed E-state index contributed by atoms with van der Waals surface area (Å²) in [7, 11) is 0. The van der Waals surface area contributed by atoms with Crippen LogP contribution in [0.5, 0.6) is 0 Å². The summed E-state index contributed by atoms with van der Waals surface area (Å²) in [5, 5.41) is 1.86. The van der Waals surface area contributed by atoms with Gasteiger partial charge in [-0.2, -0.15) is 0 Å². The van der Waals surface area contributed by atoms with Gasteiger partial charge in [0.2, 0.25) is 0 Å². The van der Waals surface area contributed by atoms with E-state index in [1.807, 2.05) is 18.2 Å². The van der Waals surface area contributed by atoms with Gasteiger partial charge in [0.15, 0.2) is 0 Å². The van der Waals surface area contributed by atoms with Gasteiger partial charge in [0.25, 0.3) is 0 Å². The van der Waals surface area contributed by atoms with Gasteiger partial charge in [0.05, 0.1) is 0 Å². The van der Waals surface area contributed by atoms with E-state index in [1.165, 1.54) is 15.9 Å². The number of allylic oxidation sites excluding steroid dienone is 1. The summed E-state index contributed by atoms with van der Waals surface area (Å²) in [6.45, 7) is 4.55. The molecule has 3 rings (SSSR count). The summed E-state index contributed by atoms with van der Waals surface area (Å²) < 4.78 is 0. The summed E-state index contributed by atoms with van der Waals surface area (Å²) in [5.41, 5.74) is 0. The molecule has 0 aromatic heterocycles. The first-order chi connectivity index (χ1) is 12.5. The number of benzene rings is 3. The number of halogens is 3. The second kappa shape index (κ2) is 7.98. The minimum atomic E-state index is -3.17. The Labute approximate surface area is 177 Å². The Bertz CT molecular complexity index is 782. The summed E-state index contributed by atoms with van der Waals surface area (Å²) in [6.07, 6.45) is 0. The van der Waals surface area contributed by atoms with Gasteiger partial charge in [-0.25, -0.2) is 0 Å². The Balaban J connectivity index is 2.50. The van der Waals surface area contributed by atoms with Gasteiger partial charge in [0, 0.05) is 0 Å². The summed E-state index contributed by atoms with van der Waals surface area (Å²) in [4.78, 5) is 0. The van der Waals surface area contributed by atoms with E-state index in [9.17, 15) is 0 Å². The van der Waals surface area contributed by atoms with E-state index < -0.39 is 5.31 Å². The van der Waals surface area contributed by atoms with E-state index in [1.54, 1.807) is 0 Å². The van der Waals surface area contributed by atoms with Crippen LogP contribution in [0.4, 0.5) is 0 Å². The van der Waals surface area contributed by atoms with Crippen LogP contribution >= 0.6 is 48.3 Å². The van der Waals surface area contributed by atoms with E-state index in [2.05, 4.69) is 111 Å². The Morgan fingerprint density at radius 3 is 1.35 bits per heavy atom. The quantitative estimate of drug-likeness (QED) is 0.268. The summed E-state index contributed by atoms with van der Waals surface area (Å²) in [5.74, 6) is 0. The first kappa shape index (κ1) is 19.8. The van der Waals surface area contributed by atoms with Gasteiger partial charge < -0.3 is 0 Å². The van der Waals surface area contributed by atoms with Crippen molar-refractivity contribution in [1.82, 2.24) is 0 Å². The molecule has 0 fully saturated rings. The van der Waals surface area contributed by atoms with Crippen molar-refractivity contribution in [1.29, 1.82) is 0 Å². The van der Waals surface area contributed by atoms with Crippen molar-refractivity contribution in [2.24, 2.45) is 0 Å². The fourth-order valence-electron chi connectivity index (χ4n) is 3.42. The third kappa shape index (κ3) is 3.02. The number of hydrogen-bond donors (Lipinski definition) is 0.